The van der Waals surface area contributed by atoms with Crippen molar-refractivity contribution in [3.05, 3.63) is 0 Å². The van der Waals surface area contributed by atoms with Gasteiger partial charge in [0.05, 0.1) is 0 Å². The smallest absolute Gasteiger partial charge is 0.0251 e. The third kappa shape index (κ3) is 12.3. The Kier molecular flexibility index (Phi) is 12.8. The molecule has 0 saturated heterocycles. The van der Waals surface area contributed by atoms with Crippen molar-refractivity contribution in [3.63, 3.8) is 0 Å². The van der Waals surface area contributed by atoms with Crippen LogP contribution in [0.3, 0.4) is 0 Å². The van der Waals surface area contributed by atoms with Crippen LogP contribution in [-0.2, 0) is 0 Å². The Morgan fingerprint density at radius 2 is 1.20 bits per heavy atom. The summed E-state index contributed by atoms with van der Waals surface area (Å²) in [6, 6.07) is 0. The van der Waals surface area contributed by atoms with Crippen LogP contribution in [0, 0.1) is 0 Å². The molecule has 1 N–H and O–H groups in total. The predicted molar refractivity (Wildman–Crippen MR) is 71.8 cm³/mol. The van der Waals surface area contributed by atoms with Crippen molar-refractivity contribution in [3.8, 4) is 0 Å². The maximum atomic E-state index is 9.59. The summed E-state index contributed by atoms with van der Waals surface area (Å²) in [4.78, 5) is 9.59. The standard InChI is InChI=1S/C13H29OP/c1-3-5-6-7-8-9-10-11-13-15(14)12-4-2/h14H,3-13H2,1-2H3. The number of unbranched alkanes of at least 4 members (excludes halogenated alkanes) is 7. The molecule has 0 rings (SSSR count). The lowest BCUT2D eigenvalue weighted by atomic mass is 10.1. The van der Waals surface area contributed by atoms with E-state index in [2.05, 4.69) is 13.8 Å². The highest BCUT2D eigenvalue weighted by Crippen LogP contribution is 2.31. The van der Waals surface area contributed by atoms with Crippen LogP contribution in [0.1, 0.15) is 71.6 Å². The molecule has 0 spiro atoms. The molecule has 0 aromatic carbocycles. The van der Waals surface area contributed by atoms with E-state index in [0.29, 0.717) is 0 Å². The molecule has 92 valence electrons. The van der Waals surface area contributed by atoms with Gasteiger partial charge in [-0.15, -0.1) is 0 Å². The molecule has 1 atom stereocenters. The van der Waals surface area contributed by atoms with Gasteiger partial charge in [0.25, 0.3) is 0 Å². The van der Waals surface area contributed by atoms with Crippen molar-refractivity contribution in [2.45, 2.75) is 71.6 Å². The summed E-state index contributed by atoms with van der Waals surface area (Å²) in [7, 11) is -0.611. The molecule has 0 aliphatic heterocycles. The first-order valence-corrected chi connectivity index (χ1v) is 8.41. The van der Waals surface area contributed by atoms with E-state index in [-0.39, 0.29) is 0 Å². The summed E-state index contributed by atoms with van der Waals surface area (Å²) in [6.45, 7) is 4.41. The van der Waals surface area contributed by atoms with Crippen molar-refractivity contribution in [1.29, 1.82) is 0 Å². The van der Waals surface area contributed by atoms with Gasteiger partial charge in [0, 0.05) is 8.15 Å². The minimum absolute atomic E-state index is 0.611. The second-order valence-electron chi connectivity index (χ2n) is 4.43. The summed E-state index contributed by atoms with van der Waals surface area (Å²) >= 11 is 0. The Labute approximate surface area is 97.5 Å². The Balaban J connectivity index is 2.98. The summed E-state index contributed by atoms with van der Waals surface area (Å²) in [5.41, 5.74) is 0. The fourth-order valence-corrected chi connectivity index (χ4v) is 3.13. The van der Waals surface area contributed by atoms with Crippen molar-refractivity contribution in [2.24, 2.45) is 0 Å². The highest BCUT2D eigenvalue weighted by molar-refractivity contribution is 7.51. The highest BCUT2D eigenvalue weighted by Gasteiger charge is 2.01. The van der Waals surface area contributed by atoms with Gasteiger partial charge in [-0.05, 0) is 18.7 Å². The van der Waals surface area contributed by atoms with E-state index >= 15 is 0 Å². The SMILES string of the molecule is CCCCCCCCCCP(O)CCC. The molecule has 2 heteroatoms. The molecule has 0 heterocycles. The van der Waals surface area contributed by atoms with E-state index in [1.807, 2.05) is 0 Å². The zero-order chi connectivity index (χ0) is 11.4. The van der Waals surface area contributed by atoms with Gasteiger partial charge in [0.2, 0.25) is 0 Å². The molecule has 1 unspecified atom stereocenters. The normalized spacial score (nSPS) is 13.0. The van der Waals surface area contributed by atoms with Gasteiger partial charge in [-0.2, -0.15) is 0 Å². The van der Waals surface area contributed by atoms with Crippen LogP contribution in [0.5, 0.6) is 0 Å². The van der Waals surface area contributed by atoms with E-state index in [4.69, 9.17) is 0 Å². The first-order chi connectivity index (χ1) is 7.31. The van der Waals surface area contributed by atoms with Gasteiger partial charge in [0.15, 0.2) is 0 Å². The van der Waals surface area contributed by atoms with E-state index in [1.54, 1.807) is 0 Å². The van der Waals surface area contributed by atoms with E-state index in [0.717, 1.165) is 18.7 Å². The number of hydrogen-bond donors (Lipinski definition) is 1. The molecule has 1 nitrogen and oxygen atoms in total. The topological polar surface area (TPSA) is 20.2 Å². The van der Waals surface area contributed by atoms with Gasteiger partial charge >= 0.3 is 0 Å². The maximum Gasteiger partial charge on any atom is 0.0251 e. The first kappa shape index (κ1) is 15.4. The van der Waals surface area contributed by atoms with Crippen LogP contribution >= 0.6 is 8.15 Å². The predicted octanol–water partition coefficient (Wildman–Crippen LogP) is 4.93. The third-order valence-electron chi connectivity index (χ3n) is 2.75. The van der Waals surface area contributed by atoms with Crippen LogP contribution < -0.4 is 0 Å². The Bertz CT molecular complexity index is 117. The molecule has 0 saturated carbocycles. The van der Waals surface area contributed by atoms with Crippen LogP contribution in [0.25, 0.3) is 0 Å². The van der Waals surface area contributed by atoms with Crippen molar-refractivity contribution in [2.75, 3.05) is 12.3 Å². The average Bonchev–Trinajstić information content (AvgIpc) is 2.22. The van der Waals surface area contributed by atoms with Crippen LogP contribution in [0.2, 0.25) is 0 Å². The van der Waals surface area contributed by atoms with Crippen molar-refractivity contribution in [1.82, 2.24) is 0 Å². The lowest BCUT2D eigenvalue weighted by Crippen LogP contribution is -1.89. The molecule has 0 amide bonds. The van der Waals surface area contributed by atoms with E-state index in [1.165, 1.54) is 51.4 Å². The largest absolute Gasteiger partial charge is 0.374 e. The number of rotatable bonds is 11. The Morgan fingerprint density at radius 1 is 0.667 bits per heavy atom. The van der Waals surface area contributed by atoms with E-state index in [9.17, 15) is 4.89 Å². The maximum absolute atomic E-state index is 9.59. The van der Waals surface area contributed by atoms with Crippen LogP contribution in [0.15, 0.2) is 0 Å². The lowest BCUT2D eigenvalue weighted by Gasteiger charge is -2.08. The molecular formula is C13H29OP. The fraction of sp³-hybridized carbons (Fsp3) is 1.00. The fourth-order valence-electron chi connectivity index (χ4n) is 1.80. The minimum atomic E-state index is -0.611. The molecule has 0 fully saturated rings. The van der Waals surface area contributed by atoms with Gasteiger partial charge < -0.3 is 4.89 Å². The van der Waals surface area contributed by atoms with Gasteiger partial charge in [-0.25, -0.2) is 0 Å². The minimum Gasteiger partial charge on any atom is -0.374 e. The monoisotopic (exact) mass is 232 g/mol. The molecule has 0 radical (unpaired) electrons. The first-order valence-electron chi connectivity index (χ1n) is 6.75. The molecule has 15 heavy (non-hydrogen) atoms. The highest BCUT2D eigenvalue weighted by atomic mass is 31.1. The van der Waals surface area contributed by atoms with Gasteiger partial charge in [-0.1, -0.05) is 65.2 Å². The van der Waals surface area contributed by atoms with Crippen LogP contribution in [-0.4, -0.2) is 17.2 Å². The second-order valence-corrected chi connectivity index (χ2v) is 6.34. The van der Waals surface area contributed by atoms with Gasteiger partial charge in [0.1, 0.15) is 0 Å². The summed E-state index contributed by atoms with van der Waals surface area (Å²) in [5, 5.41) is 0. The molecule has 0 aromatic heterocycles. The zero-order valence-electron chi connectivity index (χ0n) is 10.7. The molecular weight excluding hydrogens is 203 g/mol. The molecule has 0 aromatic rings. The second kappa shape index (κ2) is 12.5. The van der Waals surface area contributed by atoms with Crippen LogP contribution in [0.4, 0.5) is 0 Å². The molecule has 0 aliphatic rings. The van der Waals surface area contributed by atoms with Crippen molar-refractivity contribution < 1.29 is 4.89 Å². The van der Waals surface area contributed by atoms with E-state index < -0.39 is 8.15 Å². The Morgan fingerprint density at radius 3 is 1.73 bits per heavy atom. The summed E-state index contributed by atoms with van der Waals surface area (Å²) in [5.74, 6) is 0. The zero-order valence-corrected chi connectivity index (χ0v) is 11.6. The molecule has 0 aliphatic carbocycles. The average molecular weight is 232 g/mol. The summed E-state index contributed by atoms with van der Waals surface area (Å²) in [6.07, 6.45) is 14.2. The molecule has 0 bridgehead atoms. The lowest BCUT2D eigenvalue weighted by molar-refractivity contribution is 0.577. The van der Waals surface area contributed by atoms with Crippen molar-refractivity contribution >= 4 is 8.15 Å². The number of hydrogen-bond acceptors (Lipinski definition) is 1. The third-order valence-corrected chi connectivity index (χ3v) is 4.55. The van der Waals surface area contributed by atoms with Gasteiger partial charge in [-0.3, -0.25) is 0 Å². The summed E-state index contributed by atoms with van der Waals surface area (Å²) < 4.78 is 0. The quantitative estimate of drug-likeness (QED) is 0.396. The Hall–Kier alpha value is 0.390.